The van der Waals surface area contributed by atoms with Gasteiger partial charge in [-0.25, -0.2) is 0 Å². The van der Waals surface area contributed by atoms with E-state index in [2.05, 4.69) is 37.1 Å². The number of nitrogens with zero attached hydrogens (tertiary/aromatic N) is 1. The van der Waals surface area contributed by atoms with Crippen LogP contribution in [-0.2, 0) is 12.8 Å². The minimum Gasteiger partial charge on any atom is -0.354 e. The lowest BCUT2D eigenvalue weighted by atomic mass is 9.71. The lowest BCUT2D eigenvalue weighted by Crippen LogP contribution is -2.27. The van der Waals surface area contributed by atoms with Crippen LogP contribution in [0.15, 0.2) is 12.1 Å². The quantitative estimate of drug-likeness (QED) is 0.846. The number of rotatable bonds is 1. The van der Waals surface area contributed by atoms with Gasteiger partial charge in [0.05, 0.1) is 11.0 Å². The number of fused-ring (bicyclic) bond motifs is 2. The van der Waals surface area contributed by atoms with Crippen molar-refractivity contribution in [1.82, 2.24) is 15.3 Å². The van der Waals surface area contributed by atoms with Gasteiger partial charge < -0.3 is 10.3 Å². The van der Waals surface area contributed by atoms with E-state index in [1.54, 1.807) is 7.05 Å². The molecule has 0 saturated carbocycles. The van der Waals surface area contributed by atoms with Crippen LogP contribution >= 0.6 is 0 Å². The van der Waals surface area contributed by atoms with E-state index in [-0.39, 0.29) is 5.91 Å². The lowest BCUT2D eigenvalue weighted by molar-refractivity contribution is 0.0959. The third-order valence-corrected chi connectivity index (χ3v) is 4.66. The fourth-order valence-corrected chi connectivity index (χ4v) is 3.20. The molecule has 0 spiro atoms. The zero-order valence-electron chi connectivity index (χ0n) is 13.2. The maximum absolute atomic E-state index is 11.7. The molecule has 0 aromatic carbocycles. The molecule has 1 aliphatic carbocycles. The van der Waals surface area contributed by atoms with Gasteiger partial charge in [-0.1, -0.05) is 20.8 Å². The molecule has 0 radical (unpaired) electrons. The first-order valence-corrected chi connectivity index (χ1v) is 7.62. The Balaban J connectivity index is 1.99. The van der Waals surface area contributed by atoms with E-state index >= 15 is 0 Å². The van der Waals surface area contributed by atoms with Gasteiger partial charge in [0.2, 0.25) is 0 Å². The first-order chi connectivity index (χ1) is 9.88. The molecule has 2 aromatic rings. The summed E-state index contributed by atoms with van der Waals surface area (Å²) in [6, 6.07) is 4.02. The van der Waals surface area contributed by atoms with E-state index in [1.165, 1.54) is 17.7 Å². The largest absolute Gasteiger partial charge is 0.354 e. The molecule has 0 aliphatic heterocycles. The van der Waals surface area contributed by atoms with Crippen molar-refractivity contribution in [1.29, 1.82) is 0 Å². The van der Waals surface area contributed by atoms with Gasteiger partial charge >= 0.3 is 0 Å². The summed E-state index contributed by atoms with van der Waals surface area (Å²) in [4.78, 5) is 19.7. The number of pyridine rings is 1. The minimum atomic E-state index is -0.0986. The van der Waals surface area contributed by atoms with Crippen LogP contribution in [-0.4, -0.2) is 22.9 Å². The van der Waals surface area contributed by atoms with Crippen molar-refractivity contribution in [3.8, 4) is 0 Å². The summed E-state index contributed by atoms with van der Waals surface area (Å²) in [5.74, 6) is 0.594. The van der Waals surface area contributed by atoms with Crippen molar-refractivity contribution in [3.63, 3.8) is 0 Å². The van der Waals surface area contributed by atoms with Crippen LogP contribution in [0, 0.1) is 11.3 Å². The summed E-state index contributed by atoms with van der Waals surface area (Å²) in [6.07, 6.45) is 3.31. The van der Waals surface area contributed by atoms with Crippen molar-refractivity contribution in [2.75, 3.05) is 7.05 Å². The zero-order chi connectivity index (χ0) is 15.2. The highest BCUT2D eigenvalue weighted by molar-refractivity contribution is 5.97. The number of aromatic amines is 1. The van der Waals surface area contributed by atoms with Crippen LogP contribution < -0.4 is 5.32 Å². The predicted molar refractivity (Wildman–Crippen MR) is 84.5 cm³/mol. The topological polar surface area (TPSA) is 57.8 Å². The van der Waals surface area contributed by atoms with E-state index in [0.29, 0.717) is 17.0 Å². The van der Waals surface area contributed by atoms with Crippen molar-refractivity contribution >= 4 is 16.9 Å². The monoisotopic (exact) mass is 285 g/mol. The molecule has 1 atom stereocenters. The molecule has 0 saturated heterocycles. The number of hydrogen-bond donors (Lipinski definition) is 2. The minimum absolute atomic E-state index is 0.0986. The molecular weight excluding hydrogens is 262 g/mol. The Labute approximate surface area is 125 Å². The average Bonchev–Trinajstić information content (AvgIpc) is 2.84. The molecule has 112 valence electrons. The van der Waals surface area contributed by atoms with E-state index in [4.69, 9.17) is 4.98 Å². The van der Waals surface area contributed by atoms with Gasteiger partial charge in [-0.05, 0) is 48.3 Å². The third-order valence-electron chi connectivity index (χ3n) is 4.66. The molecule has 3 rings (SSSR count). The molecular formula is C17H23N3O. The van der Waals surface area contributed by atoms with E-state index < -0.39 is 0 Å². The fourth-order valence-electron chi connectivity index (χ4n) is 3.20. The van der Waals surface area contributed by atoms with Gasteiger partial charge in [-0.15, -0.1) is 0 Å². The normalized spacial score (nSPS) is 18.6. The van der Waals surface area contributed by atoms with Crippen molar-refractivity contribution in [2.24, 2.45) is 11.3 Å². The predicted octanol–water partition coefficient (Wildman–Crippen LogP) is 3.07. The number of carbonyl (C=O) groups is 1. The molecule has 4 nitrogen and oxygen atoms in total. The van der Waals surface area contributed by atoms with Crippen LogP contribution in [0.2, 0.25) is 0 Å². The highest BCUT2D eigenvalue weighted by Crippen LogP contribution is 2.37. The molecule has 1 amide bonds. The molecule has 2 heterocycles. The van der Waals surface area contributed by atoms with Gasteiger partial charge in [-0.3, -0.25) is 9.78 Å². The summed E-state index contributed by atoms with van der Waals surface area (Å²) < 4.78 is 0. The molecule has 1 aliphatic rings. The van der Waals surface area contributed by atoms with E-state index in [1.807, 2.05) is 6.07 Å². The number of amides is 1. The average molecular weight is 285 g/mol. The van der Waals surface area contributed by atoms with Gasteiger partial charge in [0, 0.05) is 12.7 Å². The van der Waals surface area contributed by atoms with Crippen molar-refractivity contribution in [2.45, 2.75) is 40.0 Å². The first kappa shape index (κ1) is 14.1. The Morgan fingerprint density at radius 1 is 1.38 bits per heavy atom. The Kier molecular flexibility index (Phi) is 3.27. The van der Waals surface area contributed by atoms with Gasteiger partial charge in [0.1, 0.15) is 5.69 Å². The molecule has 4 heteroatoms. The summed E-state index contributed by atoms with van der Waals surface area (Å²) in [7, 11) is 1.64. The van der Waals surface area contributed by atoms with Gasteiger partial charge in [0.25, 0.3) is 5.91 Å². The first-order valence-electron chi connectivity index (χ1n) is 7.62. The summed E-state index contributed by atoms with van der Waals surface area (Å²) in [6.45, 7) is 6.94. The Morgan fingerprint density at radius 3 is 2.81 bits per heavy atom. The van der Waals surface area contributed by atoms with E-state index in [0.717, 1.165) is 23.9 Å². The summed E-state index contributed by atoms with van der Waals surface area (Å²) >= 11 is 0. The molecule has 0 unspecified atom stereocenters. The number of aryl methyl sites for hydroxylation is 1. The molecule has 0 bridgehead atoms. The standard InChI is InChI=1S/C17H23N3O/c1-17(2,3)11-5-6-12-10(7-11)8-13-14(19-12)9-15(20-13)16(21)18-4/h8-9,11,20H,5-7H2,1-4H3,(H,18,21)/t11-/m0/s1. The second kappa shape index (κ2) is 4.86. The lowest BCUT2D eigenvalue weighted by Gasteiger charge is -2.34. The number of carbonyl (C=O) groups excluding carboxylic acids is 1. The Bertz CT molecular complexity index is 694. The summed E-state index contributed by atoms with van der Waals surface area (Å²) in [5.41, 5.74) is 5.29. The number of nitrogens with one attached hydrogen (secondary N) is 2. The number of hydrogen-bond acceptors (Lipinski definition) is 2. The van der Waals surface area contributed by atoms with Crippen LogP contribution in [0.1, 0.15) is 48.9 Å². The second-order valence-corrected chi connectivity index (χ2v) is 7.09. The number of H-pyrrole nitrogens is 1. The number of aromatic nitrogens is 2. The third kappa shape index (κ3) is 2.55. The molecule has 21 heavy (non-hydrogen) atoms. The maximum Gasteiger partial charge on any atom is 0.267 e. The van der Waals surface area contributed by atoms with Crippen molar-refractivity contribution < 1.29 is 4.79 Å². The Hall–Kier alpha value is -1.84. The van der Waals surface area contributed by atoms with Crippen molar-refractivity contribution in [3.05, 3.63) is 29.1 Å². The van der Waals surface area contributed by atoms with Crippen LogP contribution in [0.3, 0.4) is 0 Å². The highest BCUT2D eigenvalue weighted by Gasteiger charge is 2.29. The SMILES string of the molecule is CNC(=O)c1cc2nc3c(cc2[nH]1)C[C@@H](C(C)(C)C)CC3. The molecule has 2 aromatic heterocycles. The van der Waals surface area contributed by atoms with E-state index in [9.17, 15) is 4.79 Å². The second-order valence-electron chi connectivity index (χ2n) is 7.09. The van der Waals surface area contributed by atoms with Crippen LogP contribution in [0.25, 0.3) is 11.0 Å². The highest BCUT2D eigenvalue weighted by atomic mass is 16.1. The molecule has 2 N–H and O–H groups in total. The molecule has 0 fully saturated rings. The maximum atomic E-state index is 11.7. The smallest absolute Gasteiger partial charge is 0.267 e. The Morgan fingerprint density at radius 2 is 2.14 bits per heavy atom. The fraction of sp³-hybridized carbons (Fsp3) is 0.529. The van der Waals surface area contributed by atoms with Crippen LogP contribution in [0.5, 0.6) is 0 Å². The summed E-state index contributed by atoms with van der Waals surface area (Å²) in [5, 5.41) is 2.64. The van der Waals surface area contributed by atoms with Gasteiger partial charge in [-0.2, -0.15) is 0 Å². The zero-order valence-corrected chi connectivity index (χ0v) is 13.2. The van der Waals surface area contributed by atoms with Crippen LogP contribution in [0.4, 0.5) is 0 Å². The van der Waals surface area contributed by atoms with Gasteiger partial charge in [0.15, 0.2) is 0 Å².